The molecule has 0 saturated carbocycles. The van der Waals surface area contributed by atoms with E-state index in [4.69, 9.17) is 4.52 Å². The topological polar surface area (TPSA) is 62.5 Å². The molecule has 0 bridgehead atoms. The number of hydrogen-bond donors (Lipinski definition) is 0. The number of hydrogen-bond acceptors (Lipinski definition) is 5. The summed E-state index contributed by atoms with van der Waals surface area (Å²) in [7, 11) is 4.00. The Morgan fingerprint density at radius 2 is 1.82 bits per heavy atom. The lowest BCUT2D eigenvalue weighted by molar-refractivity contribution is -0.117. The van der Waals surface area contributed by atoms with Gasteiger partial charge in [0.05, 0.1) is 5.92 Å². The summed E-state index contributed by atoms with van der Waals surface area (Å²) in [5, 5.41) is 4.12. The van der Waals surface area contributed by atoms with E-state index in [0.717, 1.165) is 23.4 Å². The van der Waals surface area contributed by atoms with Crippen molar-refractivity contribution in [1.29, 1.82) is 0 Å². The van der Waals surface area contributed by atoms with Crippen LogP contribution in [0.25, 0.3) is 11.4 Å². The van der Waals surface area contributed by atoms with Gasteiger partial charge in [0.25, 0.3) is 0 Å². The predicted octanol–water partition coefficient (Wildman–Crippen LogP) is 3.89. The maximum Gasteiger partial charge on any atom is 0.232 e. The smallest absolute Gasteiger partial charge is 0.232 e. The van der Waals surface area contributed by atoms with Gasteiger partial charge in [-0.3, -0.25) is 4.79 Å². The first-order chi connectivity index (χ1) is 13.5. The summed E-state index contributed by atoms with van der Waals surface area (Å²) in [5.74, 6) is 1.08. The van der Waals surface area contributed by atoms with Crippen LogP contribution in [0.2, 0.25) is 0 Å². The molecule has 0 aliphatic carbocycles. The Morgan fingerprint density at radius 1 is 1.11 bits per heavy atom. The van der Waals surface area contributed by atoms with E-state index in [2.05, 4.69) is 29.2 Å². The molecule has 0 radical (unpaired) electrons. The quantitative estimate of drug-likeness (QED) is 0.676. The van der Waals surface area contributed by atoms with Gasteiger partial charge in [0.15, 0.2) is 0 Å². The Morgan fingerprint density at radius 3 is 2.46 bits per heavy atom. The average Bonchev–Trinajstić information content (AvgIpc) is 3.35. The van der Waals surface area contributed by atoms with Crippen molar-refractivity contribution in [2.75, 3.05) is 30.4 Å². The molecule has 6 nitrogen and oxygen atoms in total. The van der Waals surface area contributed by atoms with Gasteiger partial charge in [0.2, 0.25) is 17.6 Å². The monoisotopic (exact) mass is 376 g/mol. The number of nitrogens with zero attached hydrogens (tertiary/aromatic N) is 4. The second kappa shape index (κ2) is 7.46. The van der Waals surface area contributed by atoms with Gasteiger partial charge in [-0.1, -0.05) is 24.2 Å². The van der Waals surface area contributed by atoms with Crippen molar-refractivity contribution in [2.45, 2.75) is 25.7 Å². The molecule has 4 rings (SSSR count). The van der Waals surface area contributed by atoms with Crippen molar-refractivity contribution in [3.05, 3.63) is 60.0 Å². The van der Waals surface area contributed by atoms with E-state index in [0.29, 0.717) is 24.7 Å². The third-order valence-electron chi connectivity index (χ3n) is 5.21. The molecule has 0 spiro atoms. The molecule has 0 N–H and O–H groups in total. The number of aryl methyl sites for hydroxylation is 1. The third-order valence-corrected chi connectivity index (χ3v) is 5.21. The van der Waals surface area contributed by atoms with E-state index in [1.54, 1.807) is 4.90 Å². The van der Waals surface area contributed by atoms with Gasteiger partial charge >= 0.3 is 0 Å². The van der Waals surface area contributed by atoms with Gasteiger partial charge in [-0.25, -0.2) is 0 Å². The van der Waals surface area contributed by atoms with Gasteiger partial charge in [-0.2, -0.15) is 4.98 Å². The summed E-state index contributed by atoms with van der Waals surface area (Å²) in [6.45, 7) is 2.68. The highest BCUT2D eigenvalue weighted by atomic mass is 16.5. The lowest BCUT2D eigenvalue weighted by Gasteiger charge is -2.16. The summed E-state index contributed by atoms with van der Waals surface area (Å²) in [5.41, 5.74) is 4.19. The van der Waals surface area contributed by atoms with Crippen LogP contribution in [0.4, 0.5) is 11.4 Å². The van der Waals surface area contributed by atoms with Gasteiger partial charge in [0, 0.05) is 44.0 Å². The number of benzene rings is 2. The molecule has 144 valence electrons. The van der Waals surface area contributed by atoms with E-state index in [1.165, 1.54) is 5.56 Å². The van der Waals surface area contributed by atoms with Gasteiger partial charge < -0.3 is 14.3 Å². The molecule has 1 amide bonds. The SMILES string of the molecule is CCc1ccc(N2CC(c3nc(-c4ccc(N(C)C)cc4)no3)CC2=O)cc1. The summed E-state index contributed by atoms with van der Waals surface area (Å²) >= 11 is 0. The molecule has 1 atom stereocenters. The van der Waals surface area contributed by atoms with Crippen LogP contribution >= 0.6 is 0 Å². The van der Waals surface area contributed by atoms with Gasteiger partial charge in [-0.05, 0) is 48.4 Å². The van der Waals surface area contributed by atoms with E-state index < -0.39 is 0 Å². The first-order valence-electron chi connectivity index (χ1n) is 9.56. The Balaban J connectivity index is 1.50. The molecule has 6 heteroatoms. The summed E-state index contributed by atoms with van der Waals surface area (Å²) in [6, 6.07) is 16.1. The zero-order valence-corrected chi connectivity index (χ0v) is 16.4. The first kappa shape index (κ1) is 18.2. The molecule has 1 fully saturated rings. The second-order valence-corrected chi connectivity index (χ2v) is 7.32. The maximum absolute atomic E-state index is 12.5. The van der Waals surface area contributed by atoms with Crippen molar-refractivity contribution >= 4 is 17.3 Å². The molecule has 1 aliphatic rings. The molecule has 2 aromatic carbocycles. The fourth-order valence-corrected chi connectivity index (χ4v) is 3.46. The summed E-state index contributed by atoms with van der Waals surface area (Å²) in [4.78, 5) is 20.9. The van der Waals surface area contributed by atoms with Crippen LogP contribution < -0.4 is 9.80 Å². The fourth-order valence-electron chi connectivity index (χ4n) is 3.46. The largest absolute Gasteiger partial charge is 0.378 e. The third kappa shape index (κ3) is 3.50. The number of anilines is 2. The van der Waals surface area contributed by atoms with Crippen LogP contribution in [0, 0.1) is 0 Å². The lowest BCUT2D eigenvalue weighted by atomic mass is 10.1. The Labute approximate surface area is 164 Å². The molecular formula is C22H24N4O2. The minimum atomic E-state index is -0.0827. The van der Waals surface area contributed by atoms with Crippen LogP contribution in [0.3, 0.4) is 0 Å². The van der Waals surface area contributed by atoms with Crippen molar-refractivity contribution < 1.29 is 9.32 Å². The Hall–Kier alpha value is -3.15. The van der Waals surface area contributed by atoms with E-state index in [9.17, 15) is 4.79 Å². The second-order valence-electron chi connectivity index (χ2n) is 7.32. The van der Waals surface area contributed by atoms with Crippen LogP contribution in [0.5, 0.6) is 0 Å². The average molecular weight is 376 g/mol. The zero-order valence-electron chi connectivity index (χ0n) is 16.4. The Kier molecular flexibility index (Phi) is 4.86. The first-order valence-corrected chi connectivity index (χ1v) is 9.56. The fraction of sp³-hybridized carbons (Fsp3) is 0.318. The van der Waals surface area contributed by atoms with E-state index in [1.807, 2.05) is 55.4 Å². The number of carbonyl (C=O) groups excluding carboxylic acids is 1. The highest BCUT2D eigenvalue weighted by Crippen LogP contribution is 2.32. The van der Waals surface area contributed by atoms with Gasteiger partial charge in [-0.15, -0.1) is 0 Å². The number of carbonyl (C=O) groups is 1. The summed E-state index contributed by atoms with van der Waals surface area (Å²) in [6.07, 6.45) is 1.37. The van der Waals surface area contributed by atoms with Crippen LogP contribution in [0.1, 0.15) is 30.7 Å². The van der Waals surface area contributed by atoms with Crippen LogP contribution in [-0.2, 0) is 11.2 Å². The standard InChI is InChI=1S/C22H24N4O2/c1-4-15-5-9-19(10-6-15)26-14-17(13-20(26)27)22-23-21(24-28-22)16-7-11-18(12-8-16)25(2)3/h5-12,17H,4,13-14H2,1-3H3. The molecule has 28 heavy (non-hydrogen) atoms. The highest BCUT2D eigenvalue weighted by Gasteiger charge is 2.35. The predicted molar refractivity (Wildman–Crippen MR) is 110 cm³/mol. The molecule has 3 aromatic rings. The Bertz CT molecular complexity index is 961. The molecule has 1 aromatic heterocycles. The minimum absolute atomic E-state index is 0.0827. The molecule has 2 heterocycles. The van der Waals surface area contributed by atoms with Crippen molar-refractivity contribution in [3.63, 3.8) is 0 Å². The molecule has 1 unspecified atom stereocenters. The highest BCUT2D eigenvalue weighted by molar-refractivity contribution is 5.96. The number of rotatable bonds is 5. The normalized spacial score (nSPS) is 16.6. The van der Waals surface area contributed by atoms with E-state index >= 15 is 0 Å². The summed E-state index contributed by atoms with van der Waals surface area (Å²) < 4.78 is 5.50. The maximum atomic E-state index is 12.5. The molecule has 1 aliphatic heterocycles. The van der Waals surface area contributed by atoms with Crippen LogP contribution in [-0.4, -0.2) is 36.7 Å². The number of aromatic nitrogens is 2. The lowest BCUT2D eigenvalue weighted by Crippen LogP contribution is -2.24. The molecule has 1 saturated heterocycles. The number of amides is 1. The zero-order chi connectivity index (χ0) is 19.7. The van der Waals surface area contributed by atoms with Crippen molar-refractivity contribution in [3.8, 4) is 11.4 Å². The van der Waals surface area contributed by atoms with E-state index in [-0.39, 0.29) is 11.8 Å². The van der Waals surface area contributed by atoms with Crippen molar-refractivity contribution in [2.24, 2.45) is 0 Å². The minimum Gasteiger partial charge on any atom is -0.378 e. The molecular weight excluding hydrogens is 352 g/mol. The van der Waals surface area contributed by atoms with Crippen molar-refractivity contribution in [1.82, 2.24) is 10.1 Å². The van der Waals surface area contributed by atoms with Crippen LogP contribution in [0.15, 0.2) is 53.1 Å². The van der Waals surface area contributed by atoms with Gasteiger partial charge in [0.1, 0.15) is 0 Å².